The molecule has 1 aliphatic carbocycles. The van der Waals surface area contributed by atoms with Gasteiger partial charge in [0.05, 0.1) is 5.69 Å². The highest BCUT2D eigenvalue weighted by atomic mass is 32.1. The number of anilines is 1. The summed E-state index contributed by atoms with van der Waals surface area (Å²) in [6, 6.07) is 2.31. The molecule has 3 heterocycles. The number of likely N-dealkylation sites (N-methyl/N-ethyl adjacent to an activating group) is 1. The van der Waals surface area contributed by atoms with Gasteiger partial charge >= 0.3 is 0 Å². The van der Waals surface area contributed by atoms with Crippen LogP contribution in [0.5, 0.6) is 0 Å². The van der Waals surface area contributed by atoms with Crippen LogP contribution < -0.4 is 10.2 Å². The molecule has 2 bridgehead atoms. The van der Waals surface area contributed by atoms with Gasteiger partial charge in [-0.2, -0.15) is 0 Å². The lowest BCUT2D eigenvalue weighted by Gasteiger charge is -2.25. The summed E-state index contributed by atoms with van der Waals surface area (Å²) in [5, 5.41) is 7.02. The Hall–Kier alpha value is -0.650. The number of hydrogen-bond donors (Lipinski definition) is 1. The molecule has 110 valence electrons. The molecular weight excluding hydrogens is 268 g/mol. The van der Waals surface area contributed by atoms with Gasteiger partial charge in [-0.05, 0) is 39.2 Å². The maximum atomic E-state index is 4.85. The highest BCUT2D eigenvalue weighted by Gasteiger charge is 2.35. The first kappa shape index (κ1) is 13.0. The molecule has 0 radical (unpaired) electrons. The Morgan fingerprint density at radius 3 is 2.95 bits per heavy atom. The number of nitrogens with zero attached hydrogens (tertiary/aromatic N) is 3. The van der Waals surface area contributed by atoms with E-state index in [0.717, 1.165) is 31.2 Å². The van der Waals surface area contributed by atoms with Gasteiger partial charge in [0.2, 0.25) is 0 Å². The summed E-state index contributed by atoms with van der Waals surface area (Å²) in [4.78, 5) is 9.97. The second kappa shape index (κ2) is 5.28. The molecule has 1 aromatic rings. The van der Waals surface area contributed by atoms with Crippen LogP contribution in [0.15, 0.2) is 5.38 Å². The summed E-state index contributed by atoms with van der Waals surface area (Å²) >= 11 is 1.82. The predicted molar refractivity (Wildman–Crippen MR) is 83.4 cm³/mol. The fourth-order valence-electron chi connectivity index (χ4n) is 3.54. The molecule has 3 fully saturated rings. The second-order valence-corrected chi connectivity index (χ2v) is 7.40. The number of nitrogens with one attached hydrogen (secondary N) is 1. The van der Waals surface area contributed by atoms with E-state index in [-0.39, 0.29) is 0 Å². The van der Waals surface area contributed by atoms with Crippen LogP contribution in [-0.2, 0) is 6.54 Å². The molecule has 4 nitrogen and oxygen atoms in total. The van der Waals surface area contributed by atoms with Crippen molar-refractivity contribution in [2.75, 3.05) is 25.0 Å². The Morgan fingerprint density at radius 2 is 2.10 bits per heavy atom. The van der Waals surface area contributed by atoms with Crippen molar-refractivity contribution < 1.29 is 0 Å². The Balaban J connectivity index is 1.41. The van der Waals surface area contributed by atoms with Gasteiger partial charge in [-0.15, -0.1) is 11.3 Å². The van der Waals surface area contributed by atoms with Crippen LogP contribution in [0.4, 0.5) is 5.13 Å². The third-order valence-electron chi connectivity index (χ3n) is 5.11. The minimum Gasteiger partial charge on any atom is -0.346 e. The summed E-state index contributed by atoms with van der Waals surface area (Å²) in [7, 11) is 2.30. The minimum absolute atomic E-state index is 0.736. The van der Waals surface area contributed by atoms with Crippen molar-refractivity contribution in [3.63, 3.8) is 0 Å². The summed E-state index contributed by atoms with van der Waals surface area (Å²) < 4.78 is 0. The SMILES string of the molecule is CN1C2CCC1CN(c1nc(CNC3CC3)cs1)CC2. The molecule has 2 atom stereocenters. The van der Waals surface area contributed by atoms with Gasteiger partial charge in [0, 0.05) is 43.1 Å². The molecule has 3 aliphatic rings. The quantitative estimate of drug-likeness (QED) is 0.920. The van der Waals surface area contributed by atoms with Crippen LogP contribution in [0.25, 0.3) is 0 Å². The van der Waals surface area contributed by atoms with E-state index in [1.165, 1.54) is 49.5 Å². The van der Waals surface area contributed by atoms with Gasteiger partial charge in [0.1, 0.15) is 0 Å². The molecule has 2 saturated heterocycles. The van der Waals surface area contributed by atoms with E-state index in [1.807, 2.05) is 11.3 Å². The summed E-state index contributed by atoms with van der Waals surface area (Å²) in [6.07, 6.45) is 6.74. The fraction of sp³-hybridized carbons (Fsp3) is 0.800. The Labute approximate surface area is 125 Å². The first-order chi connectivity index (χ1) is 9.79. The molecular formula is C15H24N4S. The van der Waals surface area contributed by atoms with E-state index in [4.69, 9.17) is 4.98 Å². The van der Waals surface area contributed by atoms with E-state index in [9.17, 15) is 0 Å². The van der Waals surface area contributed by atoms with Crippen molar-refractivity contribution >= 4 is 16.5 Å². The van der Waals surface area contributed by atoms with E-state index < -0.39 is 0 Å². The van der Waals surface area contributed by atoms with Gasteiger partial charge in [-0.1, -0.05) is 0 Å². The van der Waals surface area contributed by atoms with Crippen LogP contribution in [-0.4, -0.2) is 48.1 Å². The summed E-state index contributed by atoms with van der Waals surface area (Å²) in [5.41, 5.74) is 1.22. The molecule has 20 heavy (non-hydrogen) atoms. The first-order valence-electron chi connectivity index (χ1n) is 7.94. The minimum atomic E-state index is 0.736. The van der Waals surface area contributed by atoms with Crippen LogP contribution in [0.3, 0.4) is 0 Å². The molecule has 0 spiro atoms. The molecule has 2 unspecified atom stereocenters. The van der Waals surface area contributed by atoms with E-state index in [0.29, 0.717) is 0 Å². The predicted octanol–water partition coefficient (Wildman–Crippen LogP) is 2.07. The Bertz CT molecular complexity index is 470. The molecule has 0 aromatic carbocycles. The van der Waals surface area contributed by atoms with Crippen molar-refractivity contribution in [3.05, 3.63) is 11.1 Å². The van der Waals surface area contributed by atoms with Crippen molar-refractivity contribution in [3.8, 4) is 0 Å². The first-order valence-corrected chi connectivity index (χ1v) is 8.82. The third kappa shape index (κ3) is 2.59. The molecule has 5 heteroatoms. The zero-order valence-electron chi connectivity index (χ0n) is 12.2. The largest absolute Gasteiger partial charge is 0.346 e. The average molecular weight is 292 g/mol. The topological polar surface area (TPSA) is 31.4 Å². The molecule has 2 aliphatic heterocycles. The normalized spacial score (nSPS) is 30.8. The van der Waals surface area contributed by atoms with Crippen molar-refractivity contribution in [1.29, 1.82) is 0 Å². The Kier molecular flexibility index (Phi) is 3.44. The van der Waals surface area contributed by atoms with Gasteiger partial charge < -0.3 is 10.2 Å². The zero-order chi connectivity index (χ0) is 13.5. The maximum Gasteiger partial charge on any atom is 0.185 e. The zero-order valence-corrected chi connectivity index (χ0v) is 13.0. The van der Waals surface area contributed by atoms with Gasteiger partial charge in [-0.3, -0.25) is 4.90 Å². The summed E-state index contributed by atoms with van der Waals surface area (Å²) in [5.74, 6) is 0. The number of hydrogen-bond acceptors (Lipinski definition) is 5. The molecule has 1 saturated carbocycles. The number of fused-ring (bicyclic) bond motifs is 2. The standard InChI is InChI=1S/C15H24N4S/c1-18-13-4-5-14(18)9-19(7-6-13)15-17-12(10-20-15)8-16-11-2-3-11/h10-11,13-14,16H,2-9H2,1H3. The van der Waals surface area contributed by atoms with E-state index in [2.05, 4.69) is 27.5 Å². The van der Waals surface area contributed by atoms with Crippen LogP contribution >= 0.6 is 11.3 Å². The second-order valence-electron chi connectivity index (χ2n) is 6.56. The van der Waals surface area contributed by atoms with Crippen molar-refractivity contribution in [1.82, 2.24) is 15.2 Å². The highest BCUT2D eigenvalue weighted by Crippen LogP contribution is 2.32. The van der Waals surface area contributed by atoms with E-state index >= 15 is 0 Å². The average Bonchev–Trinajstić information content (AvgIpc) is 3.07. The van der Waals surface area contributed by atoms with Gasteiger partial charge in [0.25, 0.3) is 0 Å². The molecule has 1 aromatic heterocycles. The van der Waals surface area contributed by atoms with E-state index in [1.54, 1.807) is 0 Å². The van der Waals surface area contributed by atoms with Crippen LogP contribution in [0, 0.1) is 0 Å². The lowest BCUT2D eigenvalue weighted by Crippen LogP contribution is -2.36. The smallest absolute Gasteiger partial charge is 0.185 e. The molecule has 1 N–H and O–H groups in total. The van der Waals surface area contributed by atoms with Crippen LogP contribution in [0.1, 0.15) is 37.8 Å². The van der Waals surface area contributed by atoms with Gasteiger partial charge in [-0.25, -0.2) is 4.98 Å². The number of thiazole rings is 1. The van der Waals surface area contributed by atoms with Crippen LogP contribution in [0.2, 0.25) is 0 Å². The number of aromatic nitrogens is 1. The lowest BCUT2D eigenvalue weighted by atomic mass is 10.1. The van der Waals surface area contributed by atoms with Gasteiger partial charge in [0.15, 0.2) is 5.13 Å². The number of rotatable bonds is 4. The highest BCUT2D eigenvalue weighted by molar-refractivity contribution is 7.13. The fourth-order valence-corrected chi connectivity index (χ4v) is 4.40. The maximum absolute atomic E-state index is 4.85. The third-order valence-corrected chi connectivity index (χ3v) is 6.06. The summed E-state index contributed by atoms with van der Waals surface area (Å²) in [6.45, 7) is 3.28. The molecule has 0 amide bonds. The molecule has 4 rings (SSSR count). The lowest BCUT2D eigenvalue weighted by molar-refractivity contribution is 0.254. The van der Waals surface area contributed by atoms with Crippen molar-refractivity contribution in [2.24, 2.45) is 0 Å². The monoisotopic (exact) mass is 292 g/mol. The Morgan fingerprint density at radius 1 is 1.25 bits per heavy atom. The van der Waals surface area contributed by atoms with Crippen molar-refractivity contribution in [2.45, 2.75) is 56.8 Å².